The van der Waals surface area contributed by atoms with Crippen LogP contribution in [0.2, 0.25) is 0 Å². The molecule has 0 saturated carbocycles. The van der Waals surface area contributed by atoms with Gasteiger partial charge in [-0.1, -0.05) is 17.7 Å². The van der Waals surface area contributed by atoms with Gasteiger partial charge in [-0.05, 0) is 31.4 Å². The summed E-state index contributed by atoms with van der Waals surface area (Å²) in [4.78, 5) is 11.4. The van der Waals surface area contributed by atoms with Gasteiger partial charge in [-0.3, -0.25) is 4.79 Å². The maximum absolute atomic E-state index is 11.4. The molecule has 0 aromatic heterocycles. The molecular weight excluding hydrogens is 230 g/mol. The van der Waals surface area contributed by atoms with Crippen molar-refractivity contribution in [2.45, 2.75) is 26.2 Å². The van der Waals surface area contributed by atoms with Crippen LogP contribution in [0.4, 0.5) is 0 Å². The van der Waals surface area contributed by atoms with E-state index in [1.165, 1.54) is 5.56 Å². The summed E-state index contributed by atoms with van der Waals surface area (Å²) in [5.74, 6) is 0.834. The van der Waals surface area contributed by atoms with Gasteiger partial charge in [0.2, 0.25) is 5.91 Å². The van der Waals surface area contributed by atoms with Crippen molar-refractivity contribution in [2.75, 3.05) is 20.3 Å². The average molecular weight is 251 g/mol. The number of nitrogens with one attached hydrogen (secondary N) is 1. The van der Waals surface area contributed by atoms with Crippen molar-refractivity contribution in [1.82, 2.24) is 5.32 Å². The molecule has 1 rings (SSSR count). The zero-order valence-corrected chi connectivity index (χ0v) is 11.0. The normalized spacial score (nSPS) is 10.2. The fourth-order valence-electron chi connectivity index (χ4n) is 1.77. The third kappa shape index (κ3) is 4.75. The number of methoxy groups -OCH3 is 1. The third-order valence-electron chi connectivity index (χ3n) is 2.71. The minimum Gasteiger partial charge on any atom is -0.496 e. The Balaban J connectivity index is 2.43. The molecule has 100 valence electrons. The van der Waals surface area contributed by atoms with Gasteiger partial charge in [-0.2, -0.15) is 0 Å². The number of ether oxygens (including phenoxy) is 1. The highest BCUT2D eigenvalue weighted by atomic mass is 16.5. The lowest BCUT2D eigenvalue weighted by molar-refractivity contribution is -0.121. The summed E-state index contributed by atoms with van der Waals surface area (Å²) in [6.45, 7) is 2.67. The van der Waals surface area contributed by atoms with Gasteiger partial charge in [0.05, 0.1) is 7.11 Å². The molecule has 0 spiro atoms. The van der Waals surface area contributed by atoms with Crippen molar-refractivity contribution in [3.8, 4) is 5.75 Å². The van der Waals surface area contributed by atoms with Crippen molar-refractivity contribution < 1.29 is 14.6 Å². The van der Waals surface area contributed by atoms with Crippen LogP contribution in [0.25, 0.3) is 0 Å². The summed E-state index contributed by atoms with van der Waals surface area (Å²) in [7, 11) is 1.65. The van der Waals surface area contributed by atoms with Gasteiger partial charge in [0.1, 0.15) is 5.75 Å². The number of aliphatic hydroxyl groups excluding tert-OH is 1. The van der Waals surface area contributed by atoms with Crippen LogP contribution in [-0.2, 0) is 11.2 Å². The fraction of sp³-hybridized carbons (Fsp3) is 0.500. The summed E-state index contributed by atoms with van der Waals surface area (Å²) >= 11 is 0. The van der Waals surface area contributed by atoms with Crippen LogP contribution < -0.4 is 10.1 Å². The summed E-state index contributed by atoms with van der Waals surface area (Å²) in [5.41, 5.74) is 2.28. The number of rotatable bonds is 7. The molecule has 0 unspecified atom stereocenters. The molecular formula is C14H21NO3. The van der Waals surface area contributed by atoms with Crippen LogP contribution in [0, 0.1) is 6.92 Å². The first-order chi connectivity index (χ1) is 8.67. The number of carbonyl (C=O) groups is 1. The maximum Gasteiger partial charge on any atom is 0.220 e. The van der Waals surface area contributed by atoms with Gasteiger partial charge in [0.25, 0.3) is 0 Å². The molecule has 0 saturated heterocycles. The molecule has 0 aliphatic rings. The molecule has 1 aromatic rings. The van der Waals surface area contributed by atoms with Gasteiger partial charge in [0.15, 0.2) is 0 Å². The van der Waals surface area contributed by atoms with Gasteiger partial charge in [0, 0.05) is 19.6 Å². The topological polar surface area (TPSA) is 58.6 Å². The highest BCUT2D eigenvalue weighted by Gasteiger charge is 2.04. The van der Waals surface area contributed by atoms with E-state index in [1.54, 1.807) is 7.11 Å². The highest BCUT2D eigenvalue weighted by molar-refractivity contribution is 5.75. The van der Waals surface area contributed by atoms with E-state index in [2.05, 4.69) is 11.4 Å². The van der Waals surface area contributed by atoms with Gasteiger partial charge >= 0.3 is 0 Å². The molecule has 0 fully saturated rings. The van der Waals surface area contributed by atoms with Crippen molar-refractivity contribution in [3.05, 3.63) is 29.3 Å². The second-order valence-corrected chi connectivity index (χ2v) is 4.24. The fourth-order valence-corrected chi connectivity index (χ4v) is 1.77. The Labute approximate surface area is 108 Å². The van der Waals surface area contributed by atoms with E-state index in [-0.39, 0.29) is 12.5 Å². The van der Waals surface area contributed by atoms with Crippen molar-refractivity contribution in [1.29, 1.82) is 0 Å². The summed E-state index contributed by atoms with van der Waals surface area (Å²) in [6, 6.07) is 6.01. The first-order valence-electron chi connectivity index (χ1n) is 6.18. The minimum atomic E-state index is -0.0179. The second kappa shape index (κ2) is 7.71. The van der Waals surface area contributed by atoms with E-state index in [0.717, 1.165) is 17.7 Å². The Hall–Kier alpha value is -1.55. The van der Waals surface area contributed by atoms with Crippen LogP contribution in [0.3, 0.4) is 0 Å². The summed E-state index contributed by atoms with van der Waals surface area (Å²) in [5, 5.41) is 11.5. The monoisotopic (exact) mass is 251 g/mol. The van der Waals surface area contributed by atoms with Crippen LogP contribution in [-0.4, -0.2) is 31.3 Å². The van der Waals surface area contributed by atoms with E-state index >= 15 is 0 Å². The standard InChI is InChI=1S/C14H21NO3/c1-11-5-6-13(18-2)12(10-11)7-8-15-14(17)4-3-9-16/h5-6,10,16H,3-4,7-9H2,1-2H3,(H,15,17). The smallest absolute Gasteiger partial charge is 0.220 e. The number of benzene rings is 1. The molecule has 18 heavy (non-hydrogen) atoms. The summed E-state index contributed by atoms with van der Waals surface area (Å²) < 4.78 is 5.28. The molecule has 2 N–H and O–H groups in total. The Morgan fingerprint density at radius 2 is 2.22 bits per heavy atom. The Morgan fingerprint density at radius 3 is 2.89 bits per heavy atom. The lowest BCUT2D eigenvalue weighted by Crippen LogP contribution is -2.25. The largest absolute Gasteiger partial charge is 0.496 e. The van der Waals surface area contributed by atoms with E-state index in [1.807, 2.05) is 19.1 Å². The molecule has 4 nitrogen and oxygen atoms in total. The summed E-state index contributed by atoms with van der Waals surface area (Å²) in [6.07, 6.45) is 1.64. The number of hydrogen-bond donors (Lipinski definition) is 2. The maximum atomic E-state index is 11.4. The van der Waals surface area contributed by atoms with E-state index < -0.39 is 0 Å². The van der Waals surface area contributed by atoms with Crippen molar-refractivity contribution in [3.63, 3.8) is 0 Å². The first kappa shape index (κ1) is 14.5. The number of aryl methyl sites for hydroxylation is 1. The highest BCUT2D eigenvalue weighted by Crippen LogP contribution is 2.19. The predicted molar refractivity (Wildman–Crippen MR) is 70.8 cm³/mol. The Kier molecular flexibility index (Phi) is 6.22. The number of hydrogen-bond acceptors (Lipinski definition) is 3. The number of carbonyl (C=O) groups excluding carboxylic acids is 1. The minimum absolute atomic E-state index is 0.0179. The van der Waals surface area contributed by atoms with Gasteiger partial charge in [-0.25, -0.2) is 0 Å². The average Bonchev–Trinajstić information content (AvgIpc) is 2.36. The quantitative estimate of drug-likeness (QED) is 0.771. The molecule has 4 heteroatoms. The molecule has 0 aliphatic heterocycles. The zero-order valence-electron chi connectivity index (χ0n) is 11.0. The molecule has 1 amide bonds. The SMILES string of the molecule is COc1ccc(C)cc1CCNC(=O)CCCO. The lowest BCUT2D eigenvalue weighted by Gasteiger charge is -2.10. The van der Waals surface area contributed by atoms with E-state index in [9.17, 15) is 4.79 Å². The number of amides is 1. The lowest BCUT2D eigenvalue weighted by atomic mass is 10.1. The molecule has 0 radical (unpaired) electrons. The van der Waals surface area contributed by atoms with Crippen LogP contribution >= 0.6 is 0 Å². The van der Waals surface area contributed by atoms with E-state index in [0.29, 0.717) is 19.4 Å². The van der Waals surface area contributed by atoms with Crippen LogP contribution in [0.1, 0.15) is 24.0 Å². The molecule has 0 heterocycles. The third-order valence-corrected chi connectivity index (χ3v) is 2.71. The molecule has 0 atom stereocenters. The zero-order chi connectivity index (χ0) is 13.4. The first-order valence-corrected chi connectivity index (χ1v) is 6.18. The van der Waals surface area contributed by atoms with Crippen molar-refractivity contribution in [2.24, 2.45) is 0 Å². The van der Waals surface area contributed by atoms with Gasteiger partial charge in [-0.15, -0.1) is 0 Å². The second-order valence-electron chi connectivity index (χ2n) is 4.24. The molecule has 0 bridgehead atoms. The predicted octanol–water partition coefficient (Wildman–Crippen LogP) is 1.43. The Morgan fingerprint density at radius 1 is 1.44 bits per heavy atom. The molecule has 1 aromatic carbocycles. The Bertz CT molecular complexity index is 391. The van der Waals surface area contributed by atoms with Crippen molar-refractivity contribution >= 4 is 5.91 Å². The van der Waals surface area contributed by atoms with Crippen LogP contribution in [0.5, 0.6) is 5.75 Å². The van der Waals surface area contributed by atoms with Crippen LogP contribution in [0.15, 0.2) is 18.2 Å². The van der Waals surface area contributed by atoms with E-state index in [4.69, 9.17) is 9.84 Å². The van der Waals surface area contributed by atoms with Gasteiger partial charge < -0.3 is 15.2 Å². The molecule has 0 aliphatic carbocycles. The number of aliphatic hydroxyl groups is 1.